The van der Waals surface area contributed by atoms with Crippen LogP contribution in [0.1, 0.15) is 112 Å². The number of Topliss-reactive ketones (excluding diaryl/α,β-unsaturated/α-hetero) is 1. The Morgan fingerprint density at radius 3 is 2.25 bits per heavy atom. The molecule has 0 aromatic heterocycles. The first-order valence-corrected chi connectivity index (χ1v) is 15.3. The van der Waals surface area contributed by atoms with E-state index in [1.54, 1.807) is 0 Å². The Bertz CT molecular complexity index is 931. The van der Waals surface area contributed by atoms with Gasteiger partial charge in [0.25, 0.3) is 0 Å². The van der Waals surface area contributed by atoms with Gasteiger partial charge < -0.3 is 9.47 Å². The van der Waals surface area contributed by atoms with Crippen LogP contribution in [0, 0.1) is 56.7 Å². The molecule has 1 saturated heterocycles. The second-order valence-electron chi connectivity index (χ2n) is 15.5. The summed E-state index contributed by atoms with van der Waals surface area (Å²) < 4.78 is 12.9. The number of ether oxygens (including phenoxy) is 2. The third-order valence-electron chi connectivity index (χ3n) is 14.2. The first kappa shape index (κ1) is 25.6. The Morgan fingerprint density at radius 2 is 1.56 bits per heavy atom. The molecule has 0 amide bonds. The van der Waals surface area contributed by atoms with Crippen LogP contribution in [-0.4, -0.2) is 25.3 Å². The Balaban J connectivity index is 1.39. The van der Waals surface area contributed by atoms with E-state index in [1.807, 2.05) is 0 Å². The molecular weight excluding hydrogens is 444 g/mol. The van der Waals surface area contributed by atoms with Gasteiger partial charge in [0, 0.05) is 17.3 Å². The van der Waals surface area contributed by atoms with Gasteiger partial charge in [0.1, 0.15) is 5.78 Å². The molecular formula is C33H52O3. The van der Waals surface area contributed by atoms with Gasteiger partial charge in [0.05, 0.1) is 13.2 Å². The molecule has 36 heavy (non-hydrogen) atoms. The van der Waals surface area contributed by atoms with Crippen LogP contribution in [0.5, 0.6) is 0 Å². The van der Waals surface area contributed by atoms with E-state index < -0.39 is 0 Å². The molecule has 6 rings (SSSR count). The van der Waals surface area contributed by atoms with Gasteiger partial charge in [0.15, 0.2) is 6.29 Å². The smallest absolute Gasteiger partial charge is 0.163 e. The van der Waals surface area contributed by atoms with Gasteiger partial charge in [0.2, 0.25) is 0 Å². The Labute approximate surface area is 220 Å². The molecule has 0 N–H and O–H groups in total. The van der Waals surface area contributed by atoms with Crippen LogP contribution in [0.4, 0.5) is 0 Å². The first-order valence-electron chi connectivity index (χ1n) is 15.3. The van der Waals surface area contributed by atoms with Crippen molar-refractivity contribution in [3.05, 3.63) is 12.2 Å². The van der Waals surface area contributed by atoms with Gasteiger partial charge in [-0.05, 0) is 117 Å². The highest BCUT2D eigenvalue weighted by Crippen LogP contribution is 2.77. The number of carbonyl (C=O) groups is 1. The van der Waals surface area contributed by atoms with E-state index in [4.69, 9.17) is 9.47 Å². The molecule has 0 aromatic carbocycles. The Hall–Kier alpha value is -0.670. The highest BCUT2D eigenvalue weighted by Gasteiger charge is 2.72. The zero-order valence-corrected chi connectivity index (χ0v) is 24.1. The van der Waals surface area contributed by atoms with E-state index in [1.165, 1.54) is 56.9 Å². The minimum atomic E-state index is -0.167. The van der Waals surface area contributed by atoms with Crippen molar-refractivity contribution in [3.8, 4) is 0 Å². The van der Waals surface area contributed by atoms with Crippen molar-refractivity contribution in [1.82, 2.24) is 0 Å². The molecule has 3 heteroatoms. The number of fused-ring (bicyclic) bond motifs is 7. The molecule has 0 spiro atoms. The van der Waals surface area contributed by atoms with Gasteiger partial charge in [-0.3, -0.25) is 4.79 Å². The van der Waals surface area contributed by atoms with Crippen LogP contribution in [0.15, 0.2) is 12.2 Å². The van der Waals surface area contributed by atoms with E-state index in [0.29, 0.717) is 40.3 Å². The third kappa shape index (κ3) is 3.08. The normalized spacial score (nSPS) is 52.6. The second kappa shape index (κ2) is 8.17. The lowest BCUT2D eigenvalue weighted by Gasteiger charge is -2.72. The second-order valence-corrected chi connectivity index (χ2v) is 15.5. The van der Waals surface area contributed by atoms with Crippen molar-refractivity contribution in [1.29, 1.82) is 0 Å². The van der Waals surface area contributed by atoms with Gasteiger partial charge in [-0.25, -0.2) is 0 Å². The molecule has 0 aromatic rings. The molecule has 0 bridgehead atoms. The largest absolute Gasteiger partial charge is 0.352 e. The third-order valence-corrected chi connectivity index (χ3v) is 14.2. The average molecular weight is 497 g/mol. The van der Waals surface area contributed by atoms with E-state index in [0.717, 1.165) is 38.4 Å². The van der Waals surface area contributed by atoms with Crippen molar-refractivity contribution in [3.63, 3.8) is 0 Å². The fourth-order valence-corrected chi connectivity index (χ4v) is 12.2. The summed E-state index contributed by atoms with van der Waals surface area (Å²) in [6.45, 7) is 21.1. The molecule has 1 aliphatic heterocycles. The van der Waals surface area contributed by atoms with E-state index in [-0.39, 0.29) is 22.5 Å². The van der Waals surface area contributed by atoms with Crippen molar-refractivity contribution in [2.45, 2.75) is 118 Å². The summed E-state index contributed by atoms with van der Waals surface area (Å²) in [5.74, 6) is 3.71. The number of hydrogen-bond acceptors (Lipinski definition) is 3. The number of hydrogen-bond donors (Lipinski definition) is 0. The summed E-state index contributed by atoms with van der Waals surface area (Å²) in [5.41, 5.74) is 2.33. The Morgan fingerprint density at radius 1 is 0.833 bits per heavy atom. The van der Waals surface area contributed by atoms with Gasteiger partial charge in [-0.15, -0.1) is 0 Å². The van der Waals surface area contributed by atoms with Gasteiger partial charge in [-0.1, -0.05) is 46.8 Å². The number of ketones is 1. The maximum atomic E-state index is 13.0. The standard InChI is InChI=1S/C33H52O3/c1-21(2)22-11-16-33(28-35-19-8-20-36-28)18-17-31(6)23(27(22)33)9-10-25-30(5)14-13-26(34)29(3,4)24(30)12-15-32(25,31)7/h22-25,27-28H,1,8-20H2,2-7H3/t22-,23+,24-,25+,27+,30-,31+,32+,33-/m0/s1. The number of rotatable bonds is 2. The fraction of sp³-hybridized carbons (Fsp3) is 0.909. The first-order chi connectivity index (χ1) is 16.9. The highest BCUT2D eigenvalue weighted by atomic mass is 16.7. The lowest BCUT2D eigenvalue weighted by atomic mass is 9.32. The molecule has 0 unspecified atom stereocenters. The minimum Gasteiger partial charge on any atom is -0.352 e. The van der Waals surface area contributed by atoms with Crippen LogP contribution in [0.3, 0.4) is 0 Å². The van der Waals surface area contributed by atoms with Gasteiger partial charge >= 0.3 is 0 Å². The summed E-state index contributed by atoms with van der Waals surface area (Å²) in [6, 6.07) is 0. The molecule has 202 valence electrons. The summed E-state index contributed by atoms with van der Waals surface area (Å²) in [7, 11) is 0. The van der Waals surface area contributed by atoms with E-state index in [2.05, 4.69) is 48.1 Å². The lowest BCUT2D eigenvalue weighted by molar-refractivity contribution is -0.289. The summed E-state index contributed by atoms with van der Waals surface area (Å²) in [5, 5.41) is 0. The SMILES string of the molecule is C=C(C)[C@@H]1CC[C@]2(C3OCCCO3)CC[C@]3(C)[C@H](CC[C@@H]4[C@@]5(C)CCC(=O)C(C)(C)[C@@H]5CC[C@]43C)[C@@H]12. The molecule has 0 radical (unpaired) electrons. The number of allylic oxidation sites excluding steroid dienone is 1. The average Bonchev–Trinajstić information content (AvgIpc) is 3.24. The maximum absolute atomic E-state index is 13.0. The number of carbonyl (C=O) groups excluding carboxylic acids is 1. The molecule has 6 aliphatic rings. The summed E-state index contributed by atoms with van der Waals surface area (Å²) in [4.78, 5) is 13.0. The van der Waals surface area contributed by atoms with Crippen molar-refractivity contribution < 1.29 is 14.3 Å². The lowest BCUT2D eigenvalue weighted by Crippen LogP contribution is -2.67. The summed E-state index contributed by atoms with van der Waals surface area (Å²) >= 11 is 0. The van der Waals surface area contributed by atoms with Crippen LogP contribution in [0.25, 0.3) is 0 Å². The van der Waals surface area contributed by atoms with Crippen molar-refractivity contribution in [2.75, 3.05) is 13.2 Å². The molecule has 9 atom stereocenters. The topological polar surface area (TPSA) is 35.5 Å². The predicted octanol–water partition coefficient (Wildman–Crippen LogP) is 7.98. The van der Waals surface area contributed by atoms with E-state index in [9.17, 15) is 4.79 Å². The van der Waals surface area contributed by atoms with Crippen LogP contribution in [0.2, 0.25) is 0 Å². The zero-order valence-electron chi connectivity index (χ0n) is 24.1. The van der Waals surface area contributed by atoms with Crippen molar-refractivity contribution in [2.24, 2.45) is 56.7 Å². The summed E-state index contributed by atoms with van der Waals surface area (Å²) in [6.07, 6.45) is 13.1. The minimum absolute atomic E-state index is 0.0194. The Kier molecular flexibility index (Phi) is 5.81. The molecule has 5 aliphatic carbocycles. The quantitative estimate of drug-likeness (QED) is 0.364. The van der Waals surface area contributed by atoms with Crippen LogP contribution < -0.4 is 0 Å². The molecule has 1 heterocycles. The van der Waals surface area contributed by atoms with E-state index >= 15 is 0 Å². The predicted molar refractivity (Wildman–Crippen MR) is 144 cm³/mol. The zero-order chi connectivity index (χ0) is 25.7. The van der Waals surface area contributed by atoms with Crippen LogP contribution >= 0.6 is 0 Å². The fourth-order valence-electron chi connectivity index (χ4n) is 12.2. The molecule has 6 fully saturated rings. The van der Waals surface area contributed by atoms with Gasteiger partial charge in [-0.2, -0.15) is 0 Å². The van der Waals surface area contributed by atoms with Crippen molar-refractivity contribution >= 4 is 5.78 Å². The molecule has 3 nitrogen and oxygen atoms in total. The maximum Gasteiger partial charge on any atom is 0.163 e. The monoisotopic (exact) mass is 496 g/mol. The van der Waals surface area contributed by atoms with Crippen LogP contribution in [-0.2, 0) is 14.3 Å². The highest BCUT2D eigenvalue weighted by molar-refractivity contribution is 5.85. The molecule has 5 saturated carbocycles.